The Balaban J connectivity index is 2.68. The van der Waals surface area contributed by atoms with E-state index in [1.165, 1.54) is 6.08 Å². The maximum atomic E-state index is 9.02. The maximum absolute atomic E-state index is 9.02. The second-order valence-electron chi connectivity index (χ2n) is 2.72. The molecule has 0 radical (unpaired) electrons. The number of hydrogen-bond acceptors (Lipinski definition) is 2. The molecule has 1 aliphatic carbocycles. The summed E-state index contributed by atoms with van der Waals surface area (Å²) in [5.74, 6) is -1.51. The first-order valence-electron chi connectivity index (χ1n) is 3.23. The van der Waals surface area contributed by atoms with Gasteiger partial charge in [0, 0.05) is 6.42 Å². The predicted molar refractivity (Wildman–Crippen MR) is 34.8 cm³/mol. The average Bonchev–Trinajstić information content (AvgIpc) is 1.60. The summed E-state index contributed by atoms with van der Waals surface area (Å²) in [6, 6.07) is 0. The summed E-state index contributed by atoms with van der Waals surface area (Å²) in [6.07, 6.45) is 3.89. The lowest BCUT2D eigenvalue weighted by molar-refractivity contribution is -0.127. The van der Waals surface area contributed by atoms with E-state index < -0.39 is 5.79 Å². The van der Waals surface area contributed by atoms with Crippen molar-refractivity contribution in [3.8, 4) is 0 Å². The lowest BCUT2D eigenvalue weighted by Gasteiger charge is -2.22. The molecule has 0 aliphatic heterocycles. The van der Waals surface area contributed by atoms with E-state index in [4.69, 9.17) is 10.2 Å². The van der Waals surface area contributed by atoms with Crippen LogP contribution in [0.3, 0.4) is 0 Å². The Morgan fingerprint density at radius 3 is 2.56 bits per heavy atom. The van der Waals surface area contributed by atoms with Gasteiger partial charge in [-0.25, -0.2) is 0 Å². The van der Waals surface area contributed by atoms with E-state index in [2.05, 4.69) is 0 Å². The topological polar surface area (TPSA) is 40.5 Å². The van der Waals surface area contributed by atoms with Crippen molar-refractivity contribution in [2.24, 2.45) is 0 Å². The maximum Gasteiger partial charge on any atom is 0.182 e. The third kappa shape index (κ3) is 1.80. The van der Waals surface area contributed by atoms with Crippen LogP contribution < -0.4 is 0 Å². The fraction of sp³-hybridized carbons (Fsp3) is 0.714. The molecule has 0 spiro atoms. The quantitative estimate of drug-likeness (QED) is 0.374. The normalized spacial score (nSPS) is 25.4. The minimum absolute atomic E-state index is 0.477. The van der Waals surface area contributed by atoms with Crippen molar-refractivity contribution in [3.05, 3.63) is 11.6 Å². The van der Waals surface area contributed by atoms with Gasteiger partial charge in [0.2, 0.25) is 0 Å². The van der Waals surface area contributed by atoms with Gasteiger partial charge in [0.25, 0.3) is 0 Å². The summed E-state index contributed by atoms with van der Waals surface area (Å²) < 4.78 is 0. The SMILES string of the molecule is CC1=CC(O)(O)CCC1. The molecule has 0 heterocycles. The van der Waals surface area contributed by atoms with Crippen LogP contribution in [0.25, 0.3) is 0 Å². The molecule has 0 atom stereocenters. The van der Waals surface area contributed by atoms with E-state index >= 15 is 0 Å². The molecule has 1 aliphatic rings. The summed E-state index contributed by atoms with van der Waals surface area (Å²) in [7, 11) is 0. The zero-order valence-electron chi connectivity index (χ0n) is 5.59. The first kappa shape index (κ1) is 6.78. The molecule has 0 aromatic carbocycles. The Morgan fingerprint density at radius 2 is 2.22 bits per heavy atom. The van der Waals surface area contributed by atoms with Gasteiger partial charge in [0.15, 0.2) is 5.79 Å². The minimum Gasteiger partial charge on any atom is -0.362 e. The second-order valence-corrected chi connectivity index (χ2v) is 2.72. The van der Waals surface area contributed by atoms with Crippen molar-refractivity contribution >= 4 is 0 Å². The fourth-order valence-electron chi connectivity index (χ4n) is 1.17. The summed E-state index contributed by atoms with van der Waals surface area (Å²) in [4.78, 5) is 0. The molecule has 9 heavy (non-hydrogen) atoms. The van der Waals surface area contributed by atoms with Crippen molar-refractivity contribution < 1.29 is 10.2 Å². The van der Waals surface area contributed by atoms with E-state index in [-0.39, 0.29) is 0 Å². The zero-order chi connectivity index (χ0) is 6.91. The third-order valence-electron chi connectivity index (χ3n) is 1.59. The molecule has 0 fully saturated rings. The van der Waals surface area contributed by atoms with E-state index in [0.717, 1.165) is 18.4 Å². The van der Waals surface area contributed by atoms with Gasteiger partial charge in [0.05, 0.1) is 0 Å². The molecule has 0 saturated heterocycles. The predicted octanol–water partition coefficient (Wildman–Crippen LogP) is 0.797. The van der Waals surface area contributed by atoms with Gasteiger partial charge < -0.3 is 10.2 Å². The van der Waals surface area contributed by atoms with E-state index in [9.17, 15) is 0 Å². The summed E-state index contributed by atoms with van der Waals surface area (Å²) in [5.41, 5.74) is 1.08. The van der Waals surface area contributed by atoms with Gasteiger partial charge in [-0.15, -0.1) is 0 Å². The van der Waals surface area contributed by atoms with Crippen molar-refractivity contribution in [3.63, 3.8) is 0 Å². The van der Waals surface area contributed by atoms with Crippen LogP contribution in [0, 0.1) is 0 Å². The van der Waals surface area contributed by atoms with Gasteiger partial charge in [-0.05, 0) is 25.8 Å². The highest BCUT2D eigenvalue weighted by atomic mass is 16.5. The first-order chi connectivity index (χ1) is 4.10. The van der Waals surface area contributed by atoms with E-state index in [1.807, 2.05) is 6.92 Å². The van der Waals surface area contributed by atoms with Crippen molar-refractivity contribution in [2.75, 3.05) is 0 Å². The highest BCUT2D eigenvalue weighted by Crippen LogP contribution is 2.23. The molecule has 0 bridgehead atoms. The van der Waals surface area contributed by atoms with Crippen LogP contribution in [-0.4, -0.2) is 16.0 Å². The number of aliphatic hydroxyl groups is 2. The molecule has 0 amide bonds. The van der Waals surface area contributed by atoms with Crippen LogP contribution in [-0.2, 0) is 0 Å². The van der Waals surface area contributed by atoms with Gasteiger partial charge in [0.1, 0.15) is 0 Å². The molecular weight excluding hydrogens is 116 g/mol. The van der Waals surface area contributed by atoms with E-state index in [1.54, 1.807) is 0 Å². The first-order valence-corrected chi connectivity index (χ1v) is 3.23. The lowest BCUT2D eigenvalue weighted by atomic mass is 9.96. The largest absolute Gasteiger partial charge is 0.362 e. The van der Waals surface area contributed by atoms with Crippen LogP contribution in [0.4, 0.5) is 0 Å². The molecular formula is C7H12O2. The van der Waals surface area contributed by atoms with Crippen LogP contribution in [0.15, 0.2) is 11.6 Å². The second kappa shape index (κ2) is 2.12. The molecule has 2 nitrogen and oxygen atoms in total. The number of rotatable bonds is 0. The molecule has 1 rings (SSSR count). The Kier molecular flexibility index (Phi) is 1.60. The Hall–Kier alpha value is -0.340. The summed E-state index contributed by atoms with van der Waals surface area (Å²) >= 11 is 0. The highest BCUT2D eigenvalue weighted by molar-refractivity contribution is 5.08. The monoisotopic (exact) mass is 128 g/mol. The zero-order valence-corrected chi connectivity index (χ0v) is 5.59. The average molecular weight is 128 g/mol. The molecule has 2 N–H and O–H groups in total. The van der Waals surface area contributed by atoms with Crippen LogP contribution in [0.5, 0.6) is 0 Å². The molecule has 0 unspecified atom stereocenters. The minimum atomic E-state index is -1.51. The molecule has 0 saturated carbocycles. The van der Waals surface area contributed by atoms with Gasteiger partial charge in [-0.2, -0.15) is 0 Å². The van der Waals surface area contributed by atoms with Crippen LogP contribution in [0.2, 0.25) is 0 Å². The lowest BCUT2D eigenvalue weighted by Crippen LogP contribution is -2.27. The smallest absolute Gasteiger partial charge is 0.182 e. The van der Waals surface area contributed by atoms with Crippen molar-refractivity contribution in [1.82, 2.24) is 0 Å². The summed E-state index contributed by atoms with van der Waals surface area (Å²) in [5, 5.41) is 18.0. The third-order valence-corrected chi connectivity index (χ3v) is 1.59. The van der Waals surface area contributed by atoms with Gasteiger partial charge >= 0.3 is 0 Å². The summed E-state index contributed by atoms with van der Waals surface area (Å²) in [6.45, 7) is 1.92. The fourth-order valence-corrected chi connectivity index (χ4v) is 1.17. The van der Waals surface area contributed by atoms with Gasteiger partial charge in [-0.3, -0.25) is 0 Å². The molecule has 2 heteroatoms. The standard InChI is InChI=1S/C7H12O2/c1-6-3-2-4-7(8,9)5-6/h5,8-9H,2-4H2,1H3. The number of allylic oxidation sites excluding steroid dienone is 1. The molecule has 52 valence electrons. The van der Waals surface area contributed by atoms with Crippen molar-refractivity contribution in [2.45, 2.75) is 32.0 Å². The molecule has 0 aromatic heterocycles. The number of hydrogen-bond donors (Lipinski definition) is 2. The highest BCUT2D eigenvalue weighted by Gasteiger charge is 2.22. The van der Waals surface area contributed by atoms with E-state index in [0.29, 0.717) is 6.42 Å². The Labute approximate surface area is 54.8 Å². The van der Waals surface area contributed by atoms with Gasteiger partial charge in [-0.1, -0.05) is 5.57 Å². The molecule has 0 aromatic rings. The van der Waals surface area contributed by atoms with Crippen LogP contribution in [0.1, 0.15) is 26.2 Å². The Morgan fingerprint density at radius 1 is 1.56 bits per heavy atom. The van der Waals surface area contributed by atoms with Crippen molar-refractivity contribution in [1.29, 1.82) is 0 Å². The Bertz CT molecular complexity index is 136. The van der Waals surface area contributed by atoms with Crippen LogP contribution >= 0.6 is 0 Å².